The van der Waals surface area contributed by atoms with Gasteiger partial charge in [0.25, 0.3) is 0 Å². The van der Waals surface area contributed by atoms with Crippen LogP contribution in [0.25, 0.3) is 0 Å². The Balaban J connectivity index is 2.41. The second-order valence-corrected chi connectivity index (χ2v) is 5.74. The zero-order valence-corrected chi connectivity index (χ0v) is 10.8. The third-order valence-electron chi connectivity index (χ3n) is 2.71. The fourth-order valence-electron chi connectivity index (χ4n) is 1.86. The van der Waals surface area contributed by atoms with E-state index in [1.807, 2.05) is 0 Å². The number of hydrogen-bond donors (Lipinski definition) is 2. The predicted octanol–water partition coefficient (Wildman–Crippen LogP) is 3.23. The fourth-order valence-corrected chi connectivity index (χ4v) is 3.11. The SMILES string of the molecule is CC(=O)c1sc(NC(C)C)c(C2CC2)c1N. The summed E-state index contributed by atoms with van der Waals surface area (Å²) in [5, 5.41) is 4.49. The molecule has 0 aromatic carbocycles. The molecule has 3 nitrogen and oxygen atoms in total. The van der Waals surface area contributed by atoms with Gasteiger partial charge in [-0.3, -0.25) is 4.79 Å². The molecule has 0 radical (unpaired) electrons. The molecular formula is C12H18N2OS. The van der Waals surface area contributed by atoms with Crippen LogP contribution in [0.1, 0.15) is 54.8 Å². The summed E-state index contributed by atoms with van der Waals surface area (Å²) in [5.41, 5.74) is 7.97. The molecule has 1 heterocycles. The molecule has 0 aliphatic heterocycles. The average Bonchev–Trinajstić information content (AvgIpc) is 2.92. The minimum atomic E-state index is 0.0706. The lowest BCUT2D eigenvalue weighted by atomic mass is 10.1. The van der Waals surface area contributed by atoms with Gasteiger partial charge in [0.15, 0.2) is 5.78 Å². The molecular weight excluding hydrogens is 220 g/mol. The minimum absolute atomic E-state index is 0.0706. The maximum atomic E-state index is 11.5. The molecule has 0 atom stereocenters. The van der Waals surface area contributed by atoms with Gasteiger partial charge in [-0.15, -0.1) is 11.3 Å². The van der Waals surface area contributed by atoms with Crippen LogP contribution in [0.5, 0.6) is 0 Å². The van der Waals surface area contributed by atoms with Crippen molar-refractivity contribution in [2.75, 3.05) is 11.1 Å². The van der Waals surface area contributed by atoms with Crippen LogP contribution in [0, 0.1) is 0 Å². The van der Waals surface area contributed by atoms with E-state index in [0.717, 1.165) is 5.00 Å². The molecule has 1 saturated carbocycles. The molecule has 88 valence electrons. The number of anilines is 2. The first-order chi connectivity index (χ1) is 7.50. The molecule has 1 aliphatic carbocycles. The highest BCUT2D eigenvalue weighted by molar-refractivity contribution is 7.18. The number of ketones is 1. The van der Waals surface area contributed by atoms with E-state index in [4.69, 9.17) is 5.73 Å². The Kier molecular flexibility index (Phi) is 2.93. The fraction of sp³-hybridized carbons (Fsp3) is 0.583. The van der Waals surface area contributed by atoms with Crippen molar-refractivity contribution in [3.05, 3.63) is 10.4 Å². The van der Waals surface area contributed by atoms with Crippen molar-refractivity contribution in [2.24, 2.45) is 0 Å². The van der Waals surface area contributed by atoms with Crippen LogP contribution in [0.2, 0.25) is 0 Å². The number of nitrogens with two attached hydrogens (primary N) is 1. The first kappa shape index (κ1) is 11.5. The Morgan fingerprint density at radius 1 is 1.50 bits per heavy atom. The van der Waals surface area contributed by atoms with E-state index in [1.165, 1.54) is 29.7 Å². The molecule has 4 heteroatoms. The number of hydrogen-bond acceptors (Lipinski definition) is 4. The highest BCUT2D eigenvalue weighted by atomic mass is 32.1. The summed E-state index contributed by atoms with van der Waals surface area (Å²) in [5.74, 6) is 0.645. The zero-order valence-electron chi connectivity index (χ0n) is 9.96. The Morgan fingerprint density at radius 2 is 2.12 bits per heavy atom. The Hall–Kier alpha value is -1.03. The molecule has 1 aromatic rings. The minimum Gasteiger partial charge on any atom is -0.397 e. The quantitative estimate of drug-likeness (QED) is 0.792. The molecule has 3 N–H and O–H groups in total. The molecule has 0 saturated heterocycles. The van der Waals surface area contributed by atoms with E-state index < -0.39 is 0 Å². The topological polar surface area (TPSA) is 55.1 Å². The van der Waals surface area contributed by atoms with Crippen molar-refractivity contribution >= 4 is 27.8 Å². The van der Waals surface area contributed by atoms with Gasteiger partial charge in [0.1, 0.15) is 0 Å². The van der Waals surface area contributed by atoms with Crippen LogP contribution in [-0.4, -0.2) is 11.8 Å². The van der Waals surface area contributed by atoms with Gasteiger partial charge >= 0.3 is 0 Å². The van der Waals surface area contributed by atoms with Gasteiger partial charge < -0.3 is 11.1 Å². The lowest BCUT2D eigenvalue weighted by Gasteiger charge is -2.10. The van der Waals surface area contributed by atoms with E-state index in [0.29, 0.717) is 22.5 Å². The lowest BCUT2D eigenvalue weighted by molar-refractivity contribution is 0.102. The first-order valence-electron chi connectivity index (χ1n) is 5.70. The van der Waals surface area contributed by atoms with E-state index in [-0.39, 0.29) is 5.78 Å². The summed E-state index contributed by atoms with van der Waals surface area (Å²) in [6, 6.07) is 0.371. The van der Waals surface area contributed by atoms with Crippen molar-refractivity contribution in [2.45, 2.75) is 45.6 Å². The summed E-state index contributed by atoms with van der Waals surface area (Å²) in [4.78, 5) is 12.2. The zero-order chi connectivity index (χ0) is 11.9. The third kappa shape index (κ3) is 2.07. The number of rotatable bonds is 4. The highest BCUT2D eigenvalue weighted by Gasteiger charge is 2.32. The molecule has 2 rings (SSSR count). The van der Waals surface area contributed by atoms with Crippen LogP contribution in [0.4, 0.5) is 10.7 Å². The van der Waals surface area contributed by atoms with Crippen molar-refractivity contribution in [3.63, 3.8) is 0 Å². The molecule has 0 bridgehead atoms. The Bertz CT molecular complexity index is 419. The van der Waals surface area contributed by atoms with Crippen LogP contribution in [0.15, 0.2) is 0 Å². The number of thiophene rings is 1. The van der Waals surface area contributed by atoms with Crippen LogP contribution >= 0.6 is 11.3 Å². The molecule has 1 aromatic heterocycles. The maximum absolute atomic E-state index is 11.5. The molecule has 0 unspecified atom stereocenters. The lowest BCUT2D eigenvalue weighted by Crippen LogP contribution is -2.09. The van der Waals surface area contributed by atoms with Gasteiger partial charge in [0, 0.05) is 18.5 Å². The summed E-state index contributed by atoms with van der Waals surface area (Å²) >= 11 is 1.51. The summed E-state index contributed by atoms with van der Waals surface area (Å²) < 4.78 is 0. The van der Waals surface area contributed by atoms with Crippen molar-refractivity contribution in [3.8, 4) is 0 Å². The van der Waals surface area contributed by atoms with Gasteiger partial charge in [-0.2, -0.15) is 0 Å². The average molecular weight is 238 g/mol. The standard InChI is InChI=1S/C12H18N2OS/c1-6(2)14-12-9(8-4-5-8)10(13)11(16-12)7(3)15/h6,8,14H,4-5,13H2,1-3H3. The van der Waals surface area contributed by atoms with E-state index >= 15 is 0 Å². The predicted molar refractivity (Wildman–Crippen MR) is 69.5 cm³/mol. The maximum Gasteiger partial charge on any atom is 0.171 e. The van der Waals surface area contributed by atoms with Gasteiger partial charge in [-0.1, -0.05) is 0 Å². The van der Waals surface area contributed by atoms with Crippen molar-refractivity contribution < 1.29 is 4.79 Å². The summed E-state index contributed by atoms with van der Waals surface area (Å²) in [7, 11) is 0. The number of nitrogens with one attached hydrogen (secondary N) is 1. The number of carbonyl (C=O) groups is 1. The van der Waals surface area contributed by atoms with Crippen LogP contribution < -0.4 is 11.1 Å². The highest BCUT2D eigenvalue weighted by Crippen LogP contribution is 2.50. The molecule has 0 amide bonds. The molecule has 16 heavy (non-hydrogen) atoms. The summed E-state index contributed by atoms with van der Waals surface area (Å²) in [6.07, 6.45) is 2.40. The third-order valence-corrected chi connectivity index (χ3v) is 3.96. The number of nitrogen functional groups attached to an aromatic ring is 1. The normalized spacial score (nSPS) is 15.5. The van der Waals surface area contributed by atoms with Gasteiger partial charge in [0.05, 0.1) is 15.6 Å². The summed E-state index contributed by atoms with van der Waals surface area (Å²) in [6.45, 7) is 5.78. The molecule has 0 spiro atoms. The van der Waals surface area contributed by atoms with Gasteiger partial charge in [-0.25, -0.2) is 0 Å². The first-order valence-corrected chi connectivity index (χ1v) is 6.52. The van der Waals surface area contributed by atoms with Crippen molar-refractivity contribution in [1.29, 1.82) is 0 Å². The van der Waals surface area contributed by atoms with Gasteiger partial charge in [0.2, 0.25) is 0 Å². The molecule has 1 fully saturated rings. The van der Waals surface area contributed by atoms with Crippen molar-refractivity contribution in [1.82, 2.24) is 0 Å². The number of carbonyl (C=O) groups excluding carboxylic acids is 1. The smallest absolute Gasteiger partial charge is 0.171 e. The van der Waals surface area contributed by atoms with Crippen LogP contribution in [-0.2, 0) is 0 Å². The number of Topliss-reactive ketones (excluding diaryl/α,β-unsaturated/α-hetero) is 1. The Labute approximate surface area is 100 Å². The van der Waals surface area contributed by atoms with E-state index in [1.54, 1.807) is 6.92 Å². The van der Waals surface area contributed by atoms with Gasteiger partial charge in [-0.05, 0) is 32.6 Å². The second-order valence-electron chi connectivity index (χ2n) is 4.72. The molecule has 1 aliphatic rings. The van der Waals surface area contributed by atoms with E-state index in [2.05, 4.69) is 19.2 Å². The van der Waals surface area contributed by atoms with Crippen LogP contribution in [0.3, 0.4) is 0 Å². The Morgan fingerprint density at radius 3 is 2.56 bits per heavy atom. The largest absolute Gasteiger partial charge is 0.397 e. The van der Waals surface area contributed by atoms with E-state index in [9.17, 15) is 4.79 Å². The monoisotopic (exact) mass is 238 g/mol. The second kappa shape index (κ2) is 4.09.